The summed E-state index contributed by atoms with van der Waals surface area (Å²) in [5.74, 6) is -0.119. The Bertz CT molecular complexity index is 721. The molecule has 1 aromatic heterocycles. The fourth-order valence-electron chi connectivity index (χ4n) is 2.87. The van der Waals surface area contributed by atoms with Crippen LogP contribution >= 0.6 is 11.6 Å². The van der Waals surface area contributed by atoms with Crippen molar-refractivity contribution in [3.05, 3.63) is 58.4 Å². The van der Waals surface area contributed by atoms with Crippen LogP contribution in [0.4, 0.5) is 0 Å². The van der Waals surface area contributed by atoms with Gasteiger partial charge in [0.1, 0.15) is 0 Å². The van der Waals surface area contributed by atoms with Crippen molar-refractivity contribution in [2.75, 3.05) is 6.54 Å². The Labute approximate surface area is 141 Å². The Balaban J connectivity index is 1.50. The summed E-state index contributed by atoms with van der Waals surface area (Å²) in [6, 6.07) is 7.44. The summed E-state index contributed by atoms with van der Waals surface area (Å²) in [5.41, 5.74) is 3.53. The first-order chi connectivity index (χ1) is 11.2. The molecule has 0 atom stereocenters. The average molecular weight is 330 g/mol. The van der Waals surface area contributed by atoms with Gasteiger partial charge in [0.15, 0.2) is 0 Å². The van der Waals surface area contributed by atoms with E-state index >= 15 is 0 Å². The zero-order chi connectivity index (χ0) is 16.1. The molecule has 3 rings (SSSR count). The molecule has 0 aliphatic heterocycles. The number of amides is 1. The van der Waals surface area contributed by atoms with Crippen LogP contribution in [-0.4, -0.2) is 22.2 Å². The molecule has 5 heteroatoms. The van der Waals surface area contributed by atoms with Gasteiger partial charge in [0, 0.05) is 23.3 Å². The van der Waals surface area contributed by atoms with Gasteiger partial charge in [0.2, 0.25) is 5.91 Å². The van der Waals surface area contributed by atoms with Crippen LogP contribution in [0.25, 0.3) is 6.08 Å². The number of fused-ring (bicyclic) bond motifs is 1. The Morgan fingerprint density at radius 1 is 1.30 bits per heavy atom. The second-order valence-corrected chi connectivity index (χ2v) is 6.10. The van der Waals surface area contributed by atoms with Gasteiger partial charge in [-0.2, -0.15) is 5.10 Å². The van der Waals surface area contributed by atoms with Gasteiger partial charge >= 0.3 is 0 Å². The molecule has 1 aliphatic carbocycles. The Morgan fingerprint density at radius 3 is 3.00 bits per heavy atom. The highest BCUT2D eigenvalue weighted by Crippen LogP contribution is 2.20. The van der Waals surface area contributed by atoms with Gasteiger partial charge < -0.3 is 5.32 Å². The van der Waals surface area contributed by atoms with Gasteiger partial charge in [-0.05, 0) is 49.0 Å². The molecule has 0 fully saturated rings. The lowest BCUT2D eigenvalue weighted by Gasteiger charge is -2.13. The first-order valence-corrected chi connectivity index (χ1v) is 8.36. The molecule has 0 unspecified atom stereocenters. The van der Waals surface area contributed by atoms with Crippen molar-refractivity contribution in [2.45, 2.75) is 32.2 Å². The number of aromatic nitrogens is 2. The fraction of sp³-hybridized carbons (Fsp3) is 0.333. The van der Waals surface area contributed by atoms with Crippen molar-refractivity contribution in [1.29, 1.82) is 0 Å². The van der Waals surface area contributed by atoms with Gasteiger partial charge in [-0.3, -0.25) is 9.48 Å². The summed E-state index contributed by atoms with van der Waals surface area (Å²) in [6.07, 6.45) is 9.91. The number of hydrogen-bond donors (Lipinski definition) is 1. The van der Waals surface area contributed by atoms with Crippen molar-refractivity contribution in [2.24, 2.45) is 0 Å². The van der Waals surface area contributed by atoms with Gasteiger partial charge in [-0.25, -0.2) is 0 Å². The molecule has 23 heavy (non-hydrogen) atoms. The average Bonchev–Trinajstić information content (AvgIpc) is 2.98. The molecule has 120 valence electrons. The maximum Gasteiger partial charge on any atom is 0.244 e. The summed E-state index contributed by atoms with van der Waals surface area (Å²) in [6.45, 7) is 1.28. The van der Waals surface area contributed by atoms with Crippen LogP contribution < -0.4 is 5.32 Å². The lowest BCUT2D eigenvalue weighted by molar-refractivity contribution is -0.116. The van der Waals surface area contributed by atoms with E-state index in [0.717, 1.165) is 18.4 Å². The van der Waals surface area contributed by atoms with Crippen LogP contribution in [0.1, 0.15) is 29.7 Å². The van der Waals surface area contributed by atoms with Crippen molar-refractivity contribution >= 4 is 23.6 Å². The first-order valence-electron chi connectivity index (χ1n) is 7.98. The molecular formula is C18H20ClN3O. The third-order valence-electron chi connectivity index (χ3n) is 4.09. The van der Waals surface area contributed by atoms with Crippen molar-refractivity contribution < 1.29 is 4.79 Å². The SMILES string of the molecule is O=C(/C=C/c1ccccc1Cl)NCCn1ncc2c1CCCC2. The number of hydrogen-bond acceptors (Lipinski definition) is 2. The monoisotopic (exact) mass is 329 g/mol. The minimum Gasteiger partial charge on any atom is -0.351 e. The molecular weight excluding hydrogens is 310 g/mol. The highest BCUT2D eigenvalue weighted by atomic mass is 35.5. The van der Waals surface area contributed by atoms with Crippen LogP contribution in [0.3, 0.4) is 0 Å². The molecule has 0 spiro atoms. The number of benzene rings is 1. The van der Waals surface area contributed by atoms with E-state index in [9.17, 15) is 4.79 Å². The number of rotatable bonds is 5. The fourth-order valence-corrected chi connectivity index (χ4v) is 3.07. The number of nitrogens with zero attached hydrogens (tertiary/aromatic N) is 2. The zero-order valence-corrected chi connectivity index (χ0v) is 13.7. The predicted molar refractivity (Wildman–Crippen MR) is 92.4 cm³/mol. The van der Waals surface area contributed by atoms with E-state index in [1.807, 2.05) is 29.1 Å². The van der Waals surface area contributed by atoms with E-state index in [1.54, 1.807) is 12.1 Å². The number of carbonyl (C=O) groups excluding carboxylic acids is 1. The van der Waals surface area contributed by atoms with Crippen molar-refractivity contribution in [3.8, 4) is 0 Å². The maximum atomic E-state index is 11.9. The van der Waals surface area contributed by atoms with E-state index in [-0.39, 0.29) is 5.91 Å². The lowest BCUT2D eigenvalue weighted by Crippen LogP contribution is -2.26. The summed E-state index contributed by atoms with van der Waals surface area (Å²) in [5, 5.41) is 7.96. The molecule has 0 radical (unpaired) electrons. The van der Waals surface area contributed by atoms with E-state index < -0.39 is 0 Å². The number of carbonyl (C=O) groups is 1. The minimum atomic E-state index is -0.119. The van der Waals surface area contributed by atoms with E-state index in [0.29, 0.717) is 18.1 Å². The maximum absolute atomic E-state index is 11.9. The van der Waals surface area contributed by atoms with Gasteiger partial charge in [-0.1, -0.05) is 29.8 Å². The predicted octanol–water partition coefficient (Wildman–Crippen LogP) is 3.24. The Kier molecular flexibility index (Phi) is 5.13. The molecule has 1 amide bonds. The summed E-state index contributed by atoms with van der Waals surface area (Å²) in [7, 11) is 0. The normalized spacial score (nSPS) is 14.0. The molecule has 1 N–H and O–H groups in total. The molecule has 0 bridgehead atoms. The summed E-state index contributed by atoms with van der Waals surface area (Å²) < 4.78 is 2.02. The van der Waals surface area contributed by atoms with Crippen LogP contribution in [0, 0.1) is 0 Å². The largest absolute Gasteiger partial charge is 0.351 e. The standard InChI is InChI=1S/C18H20ClN3O/c19-16-7-3-1-5-14(16)9-10-18(23)20-11-12-22-17-8-4-2-6-15(17)13-21-22/h1,3,5,7,9-10,13H,2,4,6,8,11-12H2,(H,20,23)/b10-9+. The van der Waals surface area contributed by atoms with E-state index in [1.165, 1.54) is 30.2 Å². The van der Waals surface area contributed by atoms with Crippen LogP contribution in [0.15, 0.2) is 36.5 Å². The Morgan fingerprint density at radius 2 is 2.13 bits per heavy atom. The number of halogens is 1. The highest BCUT2D eigenvalue weighted by molar-refractivity contribution is 6.32. The molecule has 1 heterocycles. The summed E-state index contributed by atoms with van der Waals surface area (Å²) in [4.78, 5) is 11.9. The number of aryl methyl sites for hydroxylation is 1. The smallest absolute Gasteiger partial charge is 0.244 e. The van der Waals surface area contributed by atoms with Crippen LogP contribution in [-0.2, 0) is 24.2 Å². The third-order valence-corrected chi connectivity index (χ3v) is 4.43. The molecule has 4 nitrogen and oxygen atoms in total. The topological polar surface area (TPSA) is 46.9 Å². The second kappa shape index (κ2) is 7.47. The van der Waals surface area contributed by atoms with Crippen LogP contribution in [0.2, 0.25) is 5.02 Å². The zero-order valence-electron chi connectivity index (χ0n) is 13.0. The number of nitrogens with one attached hydrogen (secondary N) is 1. The minimum absolute atomic E-state index is 0.119. The second-order valence-electron chi connectivity index (χ2n) is 5.69. The van der Waals surface area contributed by atoms with E-state index in [4.69, 9.17) is 11.6 Å². The highest BCUT2D eigenvalue weighted by Gasteiger charge is 2.14. The van der Waals surface area contributed by atoms with Crippen LogP contribution in [0.5, 0.6) is 0 Å². The molecule has 2 aromatic rings. The van der Waals surface area contributed by atoms with Crippen molar-refractivity contribution in [3.63, 3.8) is 0 Å². The van der Waals surface area contributed by atoms with Gasteiger partial charge in [0.05, 0.1) is 12.7 Å². The third kappa shape index (κ3) is 4.02. The van der Waals surface area contributed by atoms with Gasteiger partial charge in [-0.15, -0.1) is 0 Å². The quantitative estimate of drug-likeness (QED) is 0.856. The molecule has 1 aromatic carbocycles. The molecule has 0 saturated heterocycles. The van der Waals surface area contributed by atoms with Gasteiger partial charge in [0.25, 0.3) is 0 Å². The van der Waals surface area contributed by atoms with E-state index in [2.05, 4.69) is 10.4 Å². The molecule has 1 aliphatic rings. The summed E-state index contributed by atoms with van der Waals surface area (Å²) >= 11 is 6.05. The lowest BCUT2D eigenvalue weighted by atomic mass is 9.98. The molecule has 0 saturated carbocycles. The Hall–Kier alpha value is -2.07. The first kappa shape index (κ1) is 15.8. The van der Waals surface area contributed by atoms with Crippen molar-refractivity contribution in [1.82, 2.24) is 15.1 Å².